The molecule has 2 aromatic rings. The molecule has 4 N–H and O–H groups in total. The third kappa shape index (κ3) is 8.01. The number of imide groups is 1. The highest BCUT2D eigenvalue weighted by Gasteiger charge is 2.57. The second kappa shape index (κ2) is 12.7. The van der Waals surface area contributed by atoms with Gasteiger partial charge < -0.3 is 16.4 Å². The first kappa shape index (κ1) is 35.9. The van der Waals surface area contributed by atoms with Gasteiger partial charge in [-0.25, -0.2) is 4.79 Å². The zero-order valence-corrected chi connectivity index (χ0v) is 23.0. The minimum absolute atomic E-state index is 0.0259. The summed E-state index contributed by atoms with van der Waals surface area (Å²) in [4.78, 5) is 28.7. The molecular weight excluding hydrogens is 640 g/mol. The lowest BCUT2D eigenvalue weighted by Gasteiger charge is -2.36. The molecule has 0 saturated carbocycles. The van der Waals surface area contributed by atoms with E-state index in [4.69, 9.17) is 11.5 Å². The fourth-order valence-electron chi connectivity index (χ4n) is 5.11. The van der Waals surface area contributed by atoms with Gasteiger partial charge in [0, 0.05) is 25.9 Å². The number of carbonyl (C=O) groups excluding carboxylic acids is 2. The van der Waals surface area contributed by atoms with E-state index in [9.17, 15) is 62.3 Å². The molecule has 6 nitrogen and oxygen atoms in total. The molecule has 0 unspecified atom stereocenters. The summed E-state index contributed by atoms with van der Waals surface area (Å²) in [5.41, 5.74) is -0.346. The van der Waals surface area contributed by atoms with Gasteiger partial charge in [-0.15, -0.1) is 0 Å². The summed E-state index contributed by atoms with van der Waals surface area (Å²) in [6.45, 7) is -1.10. The molecular formula is C27H26F12N4O2. The average Bonchev–Trinajstić information content (AvgIpc) is 3.08. The van der Waals surface area contributed by atoms with Crippen LogP contribution in [0.2, 0.25) is 0 Å². The highest BCUT2D eigenvalue weighted by molar-refractivity contribution is 6.07. The summed E-state index contributed by atoms with van der Waals surface area (Å²) < 4.78 is 164. The Morgan fingerprint density at radius 1 is 0.556 bits per heavy atom. The van der Waals surface area contributed by atoms with Crippen molar-refractivity contribution in [2.45, 2.75) is 55.9 Å². The second-order valence-electron chi connectivity index (χ2n) is 10.4. The fraction of sp³-hybridized carbons (Fsp3) is 0.481. The van der Waals surface area contributed by atoms with E-state index in [-0.39, 0.29) is 62.3 Å². The summed E-state index contributed by atoms with van der Waals surface area (Å²) in [5, 5.41) is 0. The third-order valence-electron chi connectivity index (χ3n) is 7.08. The zero-order chi connectivity index (χ0) is 34.2. The lowest BCUT2D eigenvalue weighted by atomic mass is 9.81. The summed E-state index contributed by atoms with van der Waals surface area (Å²) in [6, 6.07) is -0.429. The number of rotatable bonds is 10. The predicted octanol–water partition coefficient (Wildman–Crippen LogP) is 6.25. The monoisotopic (exact) mass is 666 g/mol. The van der Waals surface area contributed by atoms with Crippen LogP contribution in [0, 0.1) is 0 Å². The van der Waals surface area contributed by atoms with Crippen molar-refractivity contribution in [1.82, 2.24) is 9.80 Å². The topological polar surface area (TPSA) is 92.7 Å². The molecule has 1 aliphatic heterocycles. The summed E-state index contributed by atoms with van der Waals surface area (Å²) in [6.07, 6.45) is -23.7. The lowest BCUT2D eigenvalue weighted by Crippen LogP contribution is -2.54. The number of carbonyl (C=O) groups is 2. The van der Waals surface area contributed by atoms with Crippen molar-refractivity contribution < 1.29 is 62.3 Å². The van der Waals surface area contributed by atoms with Crippen LogP contribution in [0.25, 0.3) is 0 Å². The molecule has 18 heteroatoms. The van der Waals surface area contributed by atoms with Crippen molar-refractivity contribution in [2.24, 2.45) is 11.5 Å². The minimum Gasteiger partial charge on any atom is -0.330 e. The standard InChI is InChI=1S/C27H26F12N4O2/c28-24(29,30)17-7-15(8-18(11-17)25(31,32)33)13-23(21(44)42(5-1-3-40)22(45)43(23)6-2-4-41)14-16-9-19(26(34,35)36)12-20(10-16)27(37,38)39/h7-12H,1-6,13-14,40-41H2. The molecule has 0 spiro atoms. The molecule has 0 aromatic heterocycles. The molecule has 1 fully saturated rings. The normalized spacial score (nSPS) is 16.2. The van der Waals surface area contributed by atoms with Gasteiger partial charge in [-0.05, 0) is 73.5 Å². The average molecular weight is 667 g/mol. The number of nitrogens with two attached hydrogens (primary N) is 2. The maximum absolute atomic E-state index is 14.0. The Morgan fingerprint density at radius 3 is 1.20 bits per heavy atom. The van der Waals surface area contributed by atoms with Gasteiger partial charge >= 0.3 is 30.7 Å². The predicted molar refractivity (Wildman–Crippen MR) is 134 cm³/mol. The molecule has 45 heavy (non-hydrogen) atoms. The van der Waals surface area contributed by atoms with E-state index in [1.165, 1.54) is 0 Å². The van der Waals surface area contributed by atoms with Gasteiger partial charge in [-0.2, -0.15) is 52.7 Å². The second-order valence-corrected chi connectivity index (χ2v) is 10.4. The smallest absolute Gasteiger partial charge is 0.330 e. The maximum atomic E-state index is 14.0. The van der Waals surface area contributed by atoms with Crippen molar-refractivity contribution in [3.05, 3.63) is 69.8 Å². The third-order valence-corrected chi connectivity index (χ3v) is 7.08. The van der Waals surface area contributed by atoms with E-state index in [0.29, 0.717) is 4.90 Å². The quantitative estimate of drug-likeness (QED) is 0.232. The highest BCUT2D eigenvalue weighted by Crippen LogP contribution is 2.42. The Hall–Kier alpha value is -3.54. The minimum atomic E-state index is -5.33. The SMILES string of the molecule is NCCCN1C(=O)N(CCCN)C(Cc2cc(C(F)(F)F)cc(C(F)(F)F)c2)(Cc2cc(C(F)(F)F)cc(C(F)(F)F)c2)C1=O. The van der Waals surface area contributed by atoms with E-state index in [1.807, 2.05) is 0 Å². The molecule has 250 valence electrons. The van der Waals surface area contributed by atoms with Gasteiger partial charge in [0.2, 0.25) is 0 Å². The number of hydrogen-bond donors (Lipinski definition) is 2. The number of alkyl halides is 12. The van der Waals surface area contributed by atoms with Crippen LogP contribution in [0.4, 0.5) is 57.5 Å². The van der Waals surface area contributed by atoms with E-state index in [0.717, 1.165) is 4.90 Å². The summed E-state index contributed by atoms with van der Waals surface area (Å²) >= 11 is 0. The van der Waals surface area contributed by atoms with Crippen LogP contribution in [-0.4, -0.2) is 53.5 Å². The van der Waals surface area contributed by atoms with Gasteiger partial charge in [-0.1, -0.05) is 0 Å². The number of halogens is 12. The van der Waals surface area contributed by atoms with Crippen LogP contribution in [0.5, 0.6) is 0 Å². The van der Waals surface area contributed by atoms with Crippen molar-refractivity contribution in [3.63, 3.8) is 0 Å². The van der Waals surface area contributed by atoms with Crippen LogP contribution in [-0.2, 0) is 42.3 Å². The first-order valence-corrected chi connectivity index (χ1v) is 13.1. The summed E-state index contributed by atoms with van der Waals surface area (Å²) in [7, 11) is 0. The molecule has 1 saturated heterocycles. The number of benzene rings is 2. The van der Waals surface area contributed by atoms with Gasteiger partial charge in [0.1, 0.15) is 5.54 Å². The number of nitrogens with zero attached hydrogens (tertiary/aromatic N) is 2. The number of hydrogen-bond acceptors (Lipinski definition) is 4. The van der Waals surface area contributed by atoms with E-state index in [1.54, 1.807) is 0 Å². The zero-order valence-electron chi connectivity index (χ0n) is 23.0. The van der Waals surface area contributed by atoms with Gasteiger partial charge in [0.15, 0.2) is 0 Å². The van der Waals surface area contributed by atoms with Crippen LogP contribution < -0.4 is 11.5 Å². The van der Waals surface area contributed by atoms with Crippen LogP contribution in [0.15, 0.2) is 36.4 Å². The van der Waals surface area contributed by atoms with Gasteiger partial charge in [0.25, 0.3) is 5.91 Å². The maximum Gasteiger partial charge on any atom is 0.416 e. The van der Waals surface area contributed by atoms with Gasteiger partial charge in [0.05, 0.1) is 22.3 Å². The summed E-state index contributed by atoms with van der Waals surface area (Å²) in [5.74, 6) is -1.25. The largest absolute Gasteiger partial charge is 0.416 e. The van der Waals surface area contributed by atoms with Crippen molar-refractivity contribution in [2.75, 3.05) is 26.2 Å². The first-order valence-electron chi connectivity index (χ1n) is 13.1. The van der Waals surface area contributed by atoms with Crippen LogP contribution in [0.1, 0.15) is 46.2 Å². The highest BCUT2D eigenvalue weighted by atomic mass is 19.4. The lowest BCUT2D eigenvalue weighted by molar-refractivity contribution is -0.144. The van der Waals surface area contributed by atoms with Crippen LogP contribution >= 0.6 is 0 Å². The van der Waals surface area contributed by atoms with Crippen molar-refractivity contribution >= 4 is 11.9 Å². The molecule has 2 aromatic carbocycles. The molecule has 1 aliphatic rings. The first-order chi connectivity index (χ1) is 20.5. The molecule has 3 rings (SSSR count). The number of urea groups is 1. The number of amides is 3. The van der Waals surface area contributed by atoms with E-state index in [2.05, 4.69) is 0 Å². The molecule has 0 aliphatic carbocycles. The molecule has 0 bridgehead atoms. The Kier molecular flexibility index (Phi) is 10.1. The Morgan fingerprint density at radius 2 is 0.889 bits per heavy atom. The molecule has 0 radical (unpaired) electrons. The Labute approximate surface area is 247 Å². The molecule has 1 heterocycles. The van der Waals surface area contributed by atoms with Gasteiger partial charge in [-0.3, -0.25) is 9.69 Å². The fourth-order valence-corrected chi connectivity index (χ4v) is 5.11. The van der Waals surface area contributed by atoms with Crippen LogP contribution in [0.3, 0.4) is 0 Å². The van der Waals surface area contributed by atoms with E-state index < -0.39 is 101 Å². The Bertz CT molecular complexity index is 1260. The molecule has 0 atom stereocenters. The molecule has 3 amide bonds. The van der Waals surface area contributed by atoms with Crippen molar-refractivity contribution in [3.8, 4) is 0 Å². The Balaban J connectivity index is 2.35. The van der Waals surface area contributed by atoms with E-state index >= 15 is 0 Å². The van der Waals surface area contributed by atoms with Crippen molar-refractivity contribution in [1.29, 1.82) is 0 Å².